The molecule has 0 heterocycles. The summed E-state index contributed by atoms with van der Waals surface area (Å²) in [5.74, 6) is 3.03. The van der Waals surface area contributed by atoms with Gasteiger partial charge in [-0.1, -0.05) is 60.8 Å². The number of aliphatic hydroxyl groups excluding tert-OH is 1. The maximum atomic E-state index is 12.7. The van der Waals surface area contributed by atoms with Gasteiger partial charge in [0.2, 0.25) is 0 Å². The van der Waals surface area contributed by atoms with Gasteiger partial charge in [0, 0.05) is 5.41 Å². The number of terminal acetylenes is 1. The highest BCUT2D eigenvalue weighted by atomic mass is 16.6. The highest BCUT2D eigenvalue weighted by Crippen LogP contribution is 2.67. The predicted octanol–water partition coefficient (Wildman–Crippen LogP) is 4.47. The van der Waals surface area contributed by atoms with Crippen molar-refractivity contribution in [3.63, 3.8) is 0 Å². The van der Waals surface area contributed by atoms with Gasteiger partial charge in [-0.15, -0.1) is 6.42 Å². The van der Waals surface area contributed by atoms with Crippen molar-refractivity contribution in [3.05, 3.63) is 47.5 Å². The molecule has 0 unspecified atom stereocenters. The third kappa shape index (κ3) is 5.26. The summed E-state index contributed by atoms with van der Waals surface area (Å²) >= 11 is 0. The molecule has 0 spiro atoms. The van der Waals surface area contributed by atoms with Crippen molar-refractivity contribution >= 4 is 17.6 Å². The number of ether oxygens (including phenoxy) is 1. The minimum atomic E-state index is -1.27. The van der Waals surface area contributed by atoms with Gasteiger partial charge in [-0.25, -0.2) is 4.79 Å². The first kappa shape index (κ1) is 30.3. The number of rotatable bonds is 8. The summed E-state index contributed by atoms with van der Waals surface area (Å²) in [5.41, 5.74) is 1.57. The lowest BCUT2D eigenvalue weighted by Gasteiger charge is -2.58. The first-order valence-corrected chi connectivity index (χ1v) is 15.4. The number of benzene rings is 1. The fourth-order valence-corrected chi connectivity index (χ4v) is 8.63. The summed E-state index contributed by atoms with van der Waals surface area (Å²) in [5, 5.41) is 28.8. The molecule has 8 nitrogen and oxygen atoms in total. The Hall–Kier alpha value is -3.15. The molecule has 1 aromatic carbocycles. The van der Waals surface area contributed by atoms with Crippen LogP contribution < -0.4 is 5.32 Å². The number of fused-ring (bicyclic) bond motifs is 5. The standard InChI is InChI=1S/C34H44N2O6/c1-5-34(40)19-16-27-25-13-12-23-20-24(14-17-32(23,3)26(25)15-18-33(27,34)4)36-42-21-28(37)35-29(31(39)41-6-2)30(38)22-10-8-7-9-11-22/h1,7-11,20,25-27,29-30,38,40H,6,12-19,21H2,2-4H3,(H,35,37)/b36-24+/t25-,26+,27+,29-,30-,32+,33+,34-/m1/s1. The van der Waals surface area contributed by atoms with Crippen molar-refractivity contribution in [2.24, 2.45) is 33.7 Å². The minimum absolute atomic E-state index is 0.0813. The van der Waals surface area contributed by atoms with Crippen LogP contribution in [0.2, 0.25) is 0 Å². The normalized spacial score (nSPS) is 35.9. The molecule has 1 amide bonds. The number of carbonyl (C=O) groups is 2. The zero-order valence-corrected chi connectivity index (χ0v) is 25.0. The molecule has 5 rings (SSSR count). The third-order valence-electron chi connectivity index (χ3n) is 11.1. The van der Waals surface area contributed by atoms with E-state index in [1.165, 1.54) is 5.57 Å². The Kier molecular flexibility index (Phi) is 8.55. The quantitative estimate of drug-likeness (QED) is 0.239. The van der Waals surface area contributed by atoms with E-state index in [-0.39, 0.29) is 24.0 Å². The van der Waals surface area contributed by atoms with E-state index in [9.17, 15) is 19.8 Å². The molecule has 42 heavy (non-hydrogen) atoms. The number of hydrogen-bond donors (Lipinski definition) is 3. The number of carbonyl (C=O) groups excluding carboxylic acids is 2. The molecule has 1 aromatic rings. The Morgan fingerprint density at radius 3 is 2.57 bits per heavy atom. The average molecular weight is 577 g/mol. The van der Waals surface area contributed by atoms with Crippen molar-refractivity contribution in [1.29, 1.82) is 0 Å². The van der Waals surface area contributed by atoms with Crippen LogP contribution in [0.25, 0.3) is 0 Å². The lowest BCUT2D eigenvalue weighted by atomic mass is 9.46. The summed E-state index contributed by atoms with van der Waals surface area (Å²) in [7, 11) is 0. The van der Waals surface area contributed by atoms with Gasteiger partial charge in [-0.3, -0.25) is 4.79 Å². The van der Waals surface area contributed by atoms with Crippen LogP contribution in [-0.2, 0) is 19.2 Å². The van der Waals surface area contributed by atoms with Crippen LogP contribution in [0.4, 0.5) is 0 Å². The first-order chi connectivity index (χ1) is 20.1. The van der Waals surface area contributed by atoms with Gasteiger partial charge in [0.25, 0.3) is 5.91 Å². The van der Waals surface area contributed by atoms with Crippen LogP contribution in [0.15, 0.2) is 47.1 Å². The summed E-state index contributed by atoms with van der Waals surface area (Å²) in [6, 6.07) is 7.39. The highest BCUT2D eigenvalue weighted by molar-refractivity contribution is 5.96. The molecule has 0 saturated heterocycles. The van der Waals surface area contributed by atoms with Gasteiger partial charge < -0.3 is 25.1 Å². The van der Waals surface area contributed by atoms with Crippen molar-refractivity contribution in [2.45, 2.75) is 89.9 Å². The van der Waals surface area contributed by atoms with Crippen LogP contribution >= 0.6 is 0 Å². The molecule has 4 aliphatic carbocycles. The zero-order valence-electron chi connectivity index (χ0n) is 25.0. The molecule has 0 aromatic heterocycles. The number of aliphatic hydroxyl groups is 2. The summed E-state index contributed by atoms with van der Waals surface area (Å²) in [6.45, 7) is 6.01. The predicted molar refractivity (Wildman–Crippen MR) is 159 cm³/mol. The molecule has 8 atom stereocenters. The average Bonchev–Trinajstić information content (AvgIpc) is 3.27. The number of amides is 1. The molecule has 0 radical (unpaired) electrons. The van der Waals surface area contributed by atoms with Gasteiger partial charge in [0.15, 0.2) is 12.6 Å². The number of nitrogens with one attached hydrogen (secondary N) is 1. The van der Waals surface area contributed by atoms with Gasteiger partial charge >= 0.3 is 5.97 Å². The van der Waals surface area contributed by atoms with Gasteiger partial charge in [0.1, 0.15) is 11.7 Å². The molecular formula is C34H44N2O6. The Morgan fingerprint density at radius 2 is 1.86 bits per heavy atom. The van der Waals surface area contributed by atoms with E-state index in [4.69, 9.17) is 16.0 Å². The fourth-order valence-electron chi connectivity index (χ4n) is 8.63. The summed E-state index contributed by atoms with van der Waals surface area (Å²) in [4.78, 5) is 30.6. The topological polar surface area (TPSA) is 117 Å². The number of nitrogens with zero attached hydrogens (tertiary/aromatic N) is 1. The second-order valence-corrected chi connectivity index (χ2v) is 13.0. The molecule has 226 valence electrons. The van der Waals surface area contributed by atoms with E-state index in [0.29, 0.717) is 29.7 Å². The Labute approximate surface area is 248 Å². The fraction of sp³-hybridized carbons (Fsp3) is 0.618. The van der Waals surface area contributed by atoms with Crippen LogP contribution in [0.5, 0.6) is 0 Å². The summed E-state index contributed by atoms with van der Waals surface area (Å²) in [6.07, 6.45) is 14.2. The van der Waals surface area contributed by atoms with Crippen LogP contribution in [0.1, 0.15) is 83.8 Å². The second kappa shape index (κ2) is 11.9. The number of esters is 1. The second-order valence-electron chi connectivity index (χ2n) is 13.0. The van der Waals surface area contributed by atoms with E-state index < -0.39 is 29.6 Å². The maximum Gasteiger partial charge on any atom is 0.331 e. The number of oxime groups is 1. The van der Waals surface area contributed by atoms with Crippen LogP contribution in [0, 0.1) is 40.9 Å². The maximum absolute atomic E-state index is 12.7. The lowest BCUT2D eigenvalue weighted by molar-refractivity contribution is -0.151. The molecule has 3 N–H and O–H groups in total. The Balaban J connectivity index is 1.21. The Bertz CT molecular complexity index is 1290. The smallest absolute Gasteiger partial charge is 0.331 e. The molecule has 8 heteroatoms. The zero-order chi connectivity index (χ0) is 30.1. The molecular weight excluding hydrogens is 532 g/mol. The van der Waals surface area contributed by atoms with Crippen LogP contribution in [-0.4, -0.2) is 52.7 Å². The van der Waals surface area contributed by atoms with E-state index >= 15 is 0 Å². The first-order valence-electron chi connectivity index (χ1n) is 15.4. The molecule has 3 fully saturated rings. The van der Waals surface area contributed by atoms with Crippen molar-refractivity contribution < 1.29 is 29.4 Å². The molecule has 0 aliphatic heterocycles. The van der Waals surface area contributed by atoms with Crippen molar-refractivity contribution in [3.8, 4) is 12.3 Å². The van der Waals surface area contributed by atoms with Crippen molar-refractivity contribution in [1.82, 2.24) is 5.32 Å². The van der Waals surface area contributed by atoms with E-state index in [1.54, 1.807) is 37.3 Å². The van der Waals surface area contributed by atoms with Gasteiger partial charge in [0.05, 0.1) is 12.3 Å². The van der Waals surface area contributed by atoms with Crippen molar-refractivity contribution in [2.75, 3.05) is 13.2 Å². The Morgan fingerprint density at radius 1 is 1.12 bits per heavy atom. The summed E-state index contributed by atoms with van der Waals surface area (Å²) < 4.78 is 5.08. The highest BCUT2D eigenvalue weighted by Gasteiger charge is 2.63. The number of hydrogen-bond acceptors (Lipinski definition) is 7. The van der Waals surface area contributed by atoms with E-state index in [0.717, 1.165) is 50.7 Å². The largest absolute Gasteiger partial charge is 0.464 e. The van der Waals surface area contributed by atoms with E-state index in [2.05, 4.69) is 36.3 Å². The van der Waals surface area contributed by atoms with Gasteiger partial charge in [-0.05, 0) is 93.1 Å². The SMILES string of the molecule is C#C[C@@]1(O)CC[C@H]2[C@@H]3CCC4=C/C(=N/OCC(=O)N[C@@H](C(=O)OCC)[C@H](O)c5ccccc5)CC[C@]4(C)[C@H]3CC[C@@]21C. The van der Waals surface area contributed by atoms with E-state index in [1.807, 2.05) is 0 Å². The molecule has 4 aliphatic rings. The monoisotopic (exact) mass is 576 g/mol. The van der Waals surface area contributed by atoms with Gasteiger partial charge in [-0.2, -0.15) is 0 Å². The number of allylic oxidation sites excluding steroid dienone is 2. The third-order valence-corrected chi connectivity index (χ3v) is 11.1. The lowest BCUT2D eigenvalue weighted by Crippen LogP contribution is -2.54. The molecule has 0 bridgehead atoms. The van der Waals surface area contributed by atoms with Crippen LogP contribution in [0.3, 0.4) is 0 Å². The minimum Gasteiger partial charge on any atom is -0.464 e. The molecule has 3 saturated carbocycles.